The minimum Gasteiger partial charge on any atom is -0.490 e. The Labute approximate surface area is 123 Å². The third-order valence-corrected chi connectivity index (χ3v) is 3.49. The van der Waals surface area contributed by atoms with E-state index in [1.54, 1.807) is 12.1 Å². The van der Waals surface area contributed by atoms with Crippen molar-refractivity contribution in [2.45, 2.75) is 12.5 Å². The van der Waals surface area contributed by atoms with Gasteiger partial charge in [-0.25, -0.2) is 8.78 Å². The van der Waals surface area contributed by atoms with E-state index >= 15 is 0 Å². The highest BCUT2D eigenvalue weighted by Gasteiger charge is 2.23. The van der Waals surface area contributed by atoms with Crippen LogP contribution in [0.25, 0.3) is 0 Å². The summed E-state index contributed by atoms with van der Waals surface area (Å²) in [5, 5.41) is 0. The van der Waals surface area contributed by atoms with Gasteiger partial charge in [-0.3, -0.25) is 0 Å². The van der Waals surface area contributed by atoms with E-state index in [-0.39, 0.29) is 24.3 Å². The van der Waals surface area contributed by atoms with Gasteiger partial charge < -0.3 is 9.47 Å². The Kier molecular flexibility index (Phi) is 3.61. The number of ether oxygens (including phenoxy) is 2. The van der Waals surface area contributed by atoms with Gasteiger partial charge in [0.25, 0.3) is 0 Å². The van der Waals surface area contributed by atoms with Crippen molar-refractivity contribution in [1.29, 1.82) is 0 Å². The molecule has 0 amide bonds. The average molecular weight is 341 g/mol. The summed E-state index contributed by atoms with van der Waals surface area (Å²) in [4.78, 5) is 0. The highest BCUT2D eigenvalue weighted by atomic mass is 79.9. The molecule has 104 valence electrons. The molecule has 20 heavy (non-hydrogen) atoms. The quantitative estimate of drug-likeness (QED) is 0.837. The topological polar surface area (TPSA) is 18.5 Å². The molecule has 0 fully saturated rings. The normalized spacial score (nSPS) is 16.6. The van der Waals surface area contributed by atoms with Crippen molar-refractivity contribution in [3.8, 4) is 11.5 Å². The second kappa shape index (κ2) is 5.40. The maximum atomic E-state index is 13.2. The van der Waals surface area contributed by atoms with Gasteiger partial charge in [0, 0.05) is 22.5 Å². The molecule has 2 nitrogen and oxygen atoms in total. The van der Waals surface area contributed by atoms with Gasteiger partial charge in [-0.15, -0.1) is 0 Å². The molecule has 0 bridgehead atoms. The van der Waals surface area contributed by atoms with Gasteiger partial charge in [0.2, 0.25) is 0 Å². The molecule has 0 aliphatic carbocycles. The minimum absolute atomic E-state index is 0.186. The van der Waals surface area contributed by atoms with Crippen LogP contribution in [0, 0.1) is 11.6 Å². The molecule has 1 heterocycles. The van der Waals surface area contributed by atoms with Gasteiger partial charge in [0.1, 0.15) is 35.8 Å². The minimum atomic E-state index is -0.368. The Morgan fingerprint density at radius 3 is 2.80 bits per heavy atom. The van der Waals surface area contributed by atoms with Crippen LogP contribution in [0.15, 0.2) is 40.9 Å². The Bertz CT molecular complexity index is 626. The maximum absolute atomic E-state index is 13.2. The summed E-state index contributed by atoms with van der Waals surface area (Å²) in [6.45, 7) is 0.284. The highest BCUT2D eigenvalue weighted by Crippen LogP contribution is 2.30. The molecular weight excluding hydrogens is 330 g/mol. The Morgan fingerprint density at radius 1 is 1.15 bits per heavy atom. The standard InChI is InChI=1S/C15H11BrF2O2/c16-10-5-12(18)7-13(6-10)19-8-14-4-9-3-11(17)1-2-15(9)20-14/h1-3,5-7,14H,4,8H2. The predicted molar refractivity (Wildman–Crippen MR) is 74.1 cm³/mol. The van der Waals surface area contributed by atoms with Gasteiger partial charge in [0.05, 0.1) is 0 Å². The van der Waals surface area contributed by atoms with Crippen LogP contribution in [0.2, 0.25) is 0 Å². The lowest BCUT2D eigenvalue weighted by Gasteiger charge is -2.12. The number of hydrogen-bond acceptors (Lipinski definition) is 2. The van der Waals surface area contributed by atoms with Crippen molar-refractivity contribution >= 4 is 15.9 Å². The summed E-state index contributed by atoms with van der Waals surface area (Å²) in [7, 11) is 0. The van der Waals surface area contributed by atoms with E-state index in [9.17, 15) is 8.78 Å². The van der Waals surface area contributed by atoms with Crippen LogP contribution in [-0.4, -0.2) is 12.7 Å². The molecule has 2 aromatic rings. The molecule has 0 spiro atoms. The Balaban J connectivity index is 1.63. The van der Waals surface area contributed by atoms with Gasteiger partial charge in [0.15, 0.2) is 0 Å². The van der Waals surface area contributed by atoms with E-state index in [0.29, 0.717) is 22.4 Å². The number of hydrogen-bond donors (Lipinski definition) is 0. The number of rotatable bonds is 3. The summed E-state index contributed by atoms with van der Waals surface area (Å²) in [5.74, 6) is 0.470. The van der Waals surface area contributed by atoms with Crippen LogP contribution in [0.3, 0.4) is 0 Å². The Hall–Kier alpha value is -1.62. The van der Waals surface area contributed by atoms with Crippen LogP contribution in [0.5, 0.6) is 11.5 Å². The van der Waals surface area contributed by atoms with Crippen molar-refractivity contribution < 1.29 is 18.3 Å². The van der Waals surface area contributed by atoms with Gasteiger partial charge in [-0.1, -0.05) is 15.9 Å². The number of halogens is 3. The average Bonchev–Trinajstić information content (AvgIpc) is 2.77. The fourth-order valence-corrected chi connectivity index (χ4v) is 2.63. The molecule has 0 N–H and O–H groups in total. The molecular formula is C15H11BrF2O2. The Morgan fingerprint density at radius 2 is 2.00 bits per heavy atom. The van der Waals surface area contributed by atoms with Crippen LogP contribution >= 0.6 is 15.9 Å². The largest absolute Gasteiger partial charge is 0.490 e. The molecule has 0 saturated heterocycles. The van der Waals surface area contributed by atoms with Gasteiger partial charge >= 0.3 is 0 Å². The van der Waals surface area contributed by atoms with Gasteiger partial charge in [-0.05, 0) is 30.3 Å². The van der Waals surface area contributed by atoms with Gasteiger partial charge in [-0.2, -0.15) is 0 Å². The monoisotopic (exact) mass is 340 g/mol. The number of fused-ring (bicyclic) bond motifs is 1. The maximum Gasteiger partial charge on any atom is 0.137 e. The molecule has 5 heteroatoms. The predicted octanol–water partition coefficient (Wildman–Crippen LogP) is 4.11. The third-order valence-electron chi connectivity index (χ3n) is 3.04. The van der Waals surface area contributed by atoms with Crippen molar-refractivity contribution in [3.05, 3.63) is 58.1 Å². The summed E-state index contributed by atoms with van der Waals surface area (Å²) < 4.78 is 38.1. The summed E-state index contributed by atoms with van der Waals surface area (Å²) in [6.07, 6.45) is 0.401. The lowest BCUT2D eigenvalue weighted by atomic mass is 10.1. The lowest BCUT2D eigenvalue weighted by Crippen LogP contribution is -2.22. The van der Waals surface area contributed by atoms with Crippen LogP contribution in [-0.2, 0) is 6.42 Å². The van der Waals surface area contributed by atoms with Crippen molar-refractivity contribution in [1.82, 2.24) is 0 Å². The van der Waals surface area contributed by atoms with Crippen molar-refractivity contribution in [2.24, 2.45) is 0 Å². The fraction of sp³-hybridized carbons (Fsp3) is 0.200. The number of benzene rings is 2. The smallest absolute Gasteiger partial charge is 0.137 e. The second-order valence-electron chi connectivity index (χ2n) is 4.61. The van der Waals surface area contributed by atoms with Crippen molar-refractivity contribution in [3.63, 3.8) is 0 Å². The summed E-state index contributed by atoms with van der Waals surface area (Å²) in [5.41, 5.74) is 0.832. The summed E-state index contributed by atoms with van der Waals surface area (Å²) >= 11 is 3.20. The van der Waals surface area contributed by atoms with E-state index in [0.717, 1.165) is 5.56 Å². The summed E-state index contributed by atoms with van der Waals surface area (Å²) in [6, 6.07) is 8.80. The molecule has 0 aromatic heterocycles. The first kappa shape index (κ1) is 13.4. The molecule has 3 rings (SSSR count). The highest BCUT2D eigenvalue weighted by molar-refractivity contribution is 9.10. The molecule has 1 atom stereocenters. The molecule has 1 aliphatic heterocycles. The first-order valence-electron chi connectivity index (χ1n) is 6.14. The molecule has 0 saturated carbocycles. The molecule has 2 aromatic carbocycles. The van der Waals surface area contributed by atoms with E-state index in [1.807, 2.05) is 0 Å². The SMILES string of the molecule is Fc1cc(Br)cc(OCC2Cc3cc(F)ccc3O2)c1. The third kappa shape index (κ3) is 2.93. The zero-order chi connectivity index (χ0) is 14.1. The van der Waals surface area contributed by atoms with E-state index in [1.165, 1.54) is 24.3 Å². The second-order valence-corrected chi connectivity index (χ2v) is 5.53. The molecule has 1 aliphatic rings. The fourth-order valence-electron chi connectivity index (χ4n) is 2.18. The molecule has 1 unspecified atom stereocenters. The van der Waals surface area contributed by atoms with E-state index in [2.05, 4.69) is 15.9 Å². The first-order chi connectivity index (χ1) is 9.60. The van der Waals surface area contributed by atoms with E-state index in [4.69, 9.17) is 9.47 Å². The van der Waals surface area contributed by atoms with Crippen molar-refractivity contribution in [2.75, 3.05) is 6.61 Å². The zero-order valence-electron chi connectivity index (χ0n) is 10.4. The van der Waals surface area contributed by atoms with Crippen LogP contribution in [0.4, 0.5) is 8.78 Å². The lowest BCUT2D eigenvalue weighted by molar-refractivity contribution is 0.148. The zero-order valence-corrected chi connectivity index (χ0v) is 12.0. The first-order valence-corrected chi connectivity index (χ1v) is 6.93. The van der Waals surface area contributed by atoms with Crippen LogP contribution < -0.4 is 9.47 Å². The van der Waals surface area contributed by atoms with Crippen LogP contribution in [0.1, 0.15) is 5.56 Å². The molecule has 0 radical (unpaired) electrons. The van der Waals surface area contributed by atoms with E-state index < -0.39 is 0 Å².